The summed E-state index contributed by atoms with van der Waals surface area (Å²) in [5, 5.41) is 7.25. The molecule has 0 bridgehead atoms. The maximum atomic E-state index is 11.2. The van der Waals surface area contributed by atoms with E-state index in [1.165, 1.54) is 19.3 Å². The monoisotopic (exact) mass is 329 g/mol. The van der Waals surface area contributed by atoms with Gasteiger partial charge < -0.3 is 9.84 Å². The smallest absolute Gasteiger partial charge is 0.240 e. The molecular formula is C15H27N3O3S. The van der Waals surface area contributed by atoms with E-state index in [-0.39, 0.29) is 17.0 Å². The largest absolute Gasteiger partial charge is 0.338 e. The first kappa shape index (κ1) is 17.4. The highest BCUT2D eigenvalue weighted by Gasteiger charge is 2.33. The Morgan fingerprint density at radius 3 is 2.59 bits per heavy atom. The zero-order valence-corrected chi connectivity index (χ0v) is 14.7. The summed E-state index contributed by atoms with van der Waals surface area (Å²) in [6.07, 6.45) is 6.10. The third kappa shape index (κ3) is 5.05. The molecule has 2 atom stereocenters. The Balaban J connectivity index is 1.94. The van der Waals surface area contributed by atoms with Crippen LogP contribution >= 0.6 is 0 Å². The van der Waals surface area contributed by atoms with E-state index in [0.717, 1.165) is 12.7 Å². The Kier molecular flexibility index (Phi) is 5.27. The number of nitrogens with zero attached hydrogens (tertiary/aromatic N) is 2. The molecule has 1 aliphatic rings. The Labute approximate surface area is 133 Å². The highest BCUT2D eigenvalue weighted by atomic mass is 32.2. The van der Waals surface area contributed by atoms with Gasteiger partial charge in [0.1, 0.15) is 5.75 Å². The number of sulfone groups is 1. The Morgan fingerprint density at radius 2 is 1.95 bits per heavy atom. The van der Waals surface area contributed by atoms with Gasteiger partial charge in [-0.15, -0.1) is 0 Å². The Bertz CT molecular complexity index is 589. The average molecular weight is 329 g/mol. The minimum Gasteiger partial charge on any atom is -0.338 e. The molecule has 1 aliphatic carbocycles. The van der Waals surface area contributed by atoms with Crippen LogP contribution in [0.3, 0.4) is 0 Å². The standard InChI is InChI=1S/C15H27N3O3S/c1-15(2,3)11-7-5-6-8-12(11)16-9-14-17-13(18-21-14)10-22(4,19)20/h11-12,16H,5-10H2,1-4H3/t11-,12+/m1/s1. The minimum atomic E-state index is -3.13. The molecule has 1 saturated carbocycles. The SMILES string of the molecule is CC(C)(C)[C@@H]1CCCC[C@@H]1NCc1nc(CS(C)(=O)=O)no1. The number of aromatic nitrogens is 2. The molecule has 1 aromatic heterocycles. The molecule has 1 aromatic rings. The highest BCUT2D eigenvalue weighted by Crippen LogP contribution is 2.38. The van der Waals surface area contributed by atoms with E-state index >= 15 is 0 Å². The number of hydrogen-bond acceptors (Lipinski definition) is 6. The second kappa shape index (κ2) is 6.66. The van der Waals surface area contributed by atoms with E-state index < -0.39 is 9.84 Å². The molecule has 126 valence electrons. The first-order chi connectivity index (χ1) is 10.1. The molecule has 0 radical (unpaired) electrons. The second-order valence-corrected chi connectivity index (χ2v) is 9.56. The van der Waals surface area contributed by atoms with Crippen molar-refractivity contribution in [1.82, 2.24) is 15.5 Å². The van der Waals surface area contributed by atoms with Crippen molar-refractivity contribution in [3.63, 3.8) is 0 Å². The van der Waals surface area contributed by atoms with Crippen LogP contribution in [0.15, 0.2) is 4.52 Å². The first-order valence-corrected chi connectivity index (χ1v) is 9.94. The molecule has 0 aliphatic heterocycles. The topological polar surface area (TPSA) is 85.1 Å². The molecule has 1 N–H and O–H groups in total. The van der Waals surface area contributed by atoms with Crippen molar-refractivity contribution in [3.8, 4) is 0 Å². The molecule has 0 spiro atoms. The summed E-state index contributed by atoms with van der Waals surface area (Å²) < 4.78 is 27.6. The minimum absolute atomic E-state index is 0.176. The van der Waals surface area contributed by atoms with E-state index in [1.807, 2.05) is 0 Å². The normalized spacial score (nSPS) is 23.6. The van der Waals surface area contributed by atoms with Crippen LogP contribution < -0.4 is 5.32 Å². The molecular weight excluding hydrogens is 302 g/mol. The van der Waals surface area contributed by atoms with Gasteiger partial charge >= 0.3 is 0 Å². The average Bonchev–Trinajstić information content (AvgIpc) is 2.81. The number of hydrogen-bond donors (Lipinski definition) is 1. The van der Waals surface area contributed by atoms with Gasteiger partial charge in [0.25, 0.3) is 0 Å². The fraction of sp³-hybridized carbons (Fsp3) is 0.867. The van der Waals surface area contributed by atoms with Crippen LogP contribution in [0.4, 0.5) is 0 Å². The predicted molar refractivity (Wildman–Crippen MR) is 84.9 cm³/mol. The third-order valence-electron chi connectivity index (χ3n) is 4.30. The summed E-state index contributed by atoms with van der Waals surface area (Å²) in [5.41, 5.74) is 0.272. The van der Waals surface area contributed by atoms with Gasteiger partial charge in [0.2, 0.25) is 5.89 Å². The summed E-state index contributed by atoms with van der Waals surface area (Å²) in [7, 11) is -3.13. The van der Waals surface area contributed by atoms with Crippen LogP contribution in [0.1, 0.15) is 58.2 Å². The summed E-state index contributed by atoms with van der Waals surface area (Å²) in [4.78, 5) is 4.15. The van der Waals surface area contributed by atoms with Crippen molar-refractivity contribution in [2.24, 2.45) is 11.3 Å². The second-order valence-electron chi connectivity index (χ2n) is 7.42. The van der Waals surface area contributed by atoms with Crippen LogP contribution in [-0.4, -0.2) is 30.9 Å². The van der Waals surface area contributed by atoms with Crippen LogP contribution in [0.25, 0.3) is 0 Å². The van der Waals surface area contributed by atoms with Gasteiger partial charge in [-0.25, -0.2) is 8.42 Å². The van der Waals surface area contributed by atoms with Gasteiger partial charge in [-0.2, -0.15) is 4.98 Å². The van der Waals surface area contributed by atoms with Crippen LogP contribution in [0.2, 0.25) is 0 Å². The molecule has 0 saturated heterocycles. The molecule has 6 nitrogen and oxygen atoms in total. The summed E-state index contributed by atoms with van der Waals surface area (Å²) in [6, 6.07) is 0.444. The van der Waals surface area contributed by atoms with E-state index in [9.17, 15) is 8.42 Å². The van der Waals surface area contributed by atoms with Crippen molar-refractivity contribution in [1.29, 1.82) is 0 Å². The van der Waals surface area contributed by atoms with E-state index in [1.54, 1.807) is 0 Å². The maximum Gasteiger partial charge on any atom is 0.240 e. The zero-order valence-electron chi connectivity index (χ0n) is 13.9. The van der Waals surface area contributed by atoms with Gasteiger partial charge in [0, 0.05) is 12.3 Å². The van der Waals surface area contributed by atoms with Gasteiger partial charge in [0.05, 0.1) is 6.54 Å². The molecule has 0 amide bonds. The summed E-state index contributed by atoms with van der Waals surface area (Å²) in [6.45, 7) is 7.35. The third-order valence-corrected chi connectivity index (χ3v) is 5.08. The molecule has 2 rings (SSSR count). The van der Waals surface area contributed by atoms with E-state index in [4.69, 9.17) is 4.52 Å². The molecule has 0 unspecified atom stereocenters. The van der Waals surface area contributed by atoms with Gasteiger partial charge in [-0.05, 0) is 24.2 Å². The molecule has 7 heteroatoms. The number of nitrogens with one attached hydrogen (secondary N) is 1. The lowest BCUT2D eigenvalue weighted by Crippen LogP contribution is -2.43. The van der Waals surface area contributed by atoms with Crippen LogP contribution in [-0.2, 0) is 22.1 Å². The molecule has 1 heterocycles. The van der Waals surface area contributed by atoms with Crippen molar-refractivity contribution in [3.05, 3.63) is 11.7 Å². The fourth-order valence-corrected chi connectivity index (χ4v) is 3.87. The van der Waals surface area contributed by atoms with Crippen LogP contribution in [0, 0.1) is 11.3 Å². The van der Waals surface area contributed by atoms with Gasteiger partial charge in [-0.1, -0.05) is 38.8 Å². The Hall–Kier alpha value is -0.950. The summed E-state index contributed by atoms with van der Waals surface area (Å²) in [5.74, 6) is 1.14. The van der Waals surface area contributed by atoms with Crippen molar-refractivity contribution < 1.29 is 12.9 Å². The van der Waals surface area contributed by atoms with Crippen molar-refractivity contribution in [2.75, 3.05) is 6.26 Å². The molecule has 0 aromatic carbocycles. The lowest BCUT2D eigenvalue weighted by Gasteiger charge is -2.40. The molecule has 1 fully saturated rings. The van der Waals surface area contributed by atoms with E-state index in [2.05, 4.69) is 36.2 Å². The predicted octanol–water partition coefficient (Wildman–Crippen LogP) is 2.31. The summed E-state index contributed by atoms with van der Waals surface area (Å²) >= 11 is 0. The van der Waals surface area contributed by atoms with Gasteiger partial charge in [0.15, 0.2) is 15.7 Å². The van der Waals surface area contributed by atoms with Crippen LogP contribution in [0.5, 0.6) is 0 Å². The molecule has 22 heavy (non-hydrogen) atoms. The van der Waals surface area contributed by atoms with Crippen molar-refractivity contribution >= 4 is 9.84 Å². The lowest BCUT2D eigenvalue weighted by atomic mass is 9.69. The fourth-order valence-electron chi connectivity index (χ4n) is 3.29. The zero-order chi connectivity index (χ0) is 16.4. The Morgan fingerprint density at radius 1 is 1.27 bits per heavy atom. The quantitative estimate of drug-likeness (QED) is 0.892. The maximum absolute atomic E-state index is 11.2. The highest BCUT2D eigenvalue weighted by molar-refractivity contribution is 7.89. The number of rotatable bonds is 5. The van der Waals surface area contributed by atoms with Gasteiger partial charge in [-0.3, -0.25) is 0 Å². The first-order valence-electron chi connectivity index (χ1n) is 7.88. The van der Waals surface area contributed by atoms with Crippen molar-refractivity contribution in [2.45, 2.75) is 64.8 Å². The lowest BCUT2D eigenvalue weighted by molar-refractivity contribution is 0.127. The van der Waals surface area contributed by atoms with E-state index in [0.29, 0.717) is 24.4 Å².